The number of amides is 1. The van der Waals surface area contributed by atoms with E-state index in [0.29, 0.717) is 6.42 Å². The highest BCUT2D eigenvalue weighted by Crippen LogP contribution is 2.09. The van der Waals surface area contributed by atoms with Crippen molar-refractivity contribution in [1.29, 1.82) is 0 Å². The normalized spacial score (nSPS) is 11.9. The van der Waals surface area contributed by atoms with Crippen molar-refractivity contribution in [3.05, 3.63) is 24.0 Å². The summed E-state index contributed by atoms with van der Waals surface area (Å²) in [6.07, 6.45) is 4.02. The summed E-state index contributed by atoms with van der Waals surface area (Å²) in [6, 6.07) is 2.11. The average molecular weight is 207 g/mol. The second kappa shape index (κ2) is 5.34. The van der Waals surface area contributed by atoms with Gasteiger partial charge in [-0.15, -0.1) is 0 Å². The van der Waals surface area contributed by atoms with Crippen molar-refractivity contribution in [3.63, 3.8) is 0 Å². The Kier molecular flexibility index (Phi) is 4.09. The quantitative estimate of drug-likeness (QED) is 0.783. The van der Waals surface area contributed by atoms with Crippen LogP contribution in [0, 0.1) is 6.92 Å². The van der Waals surface area contributed by atoms with Gasteiger partial charge >= 0.3 is 0 Å². The zero-order chi connectivity index (χ0) is 11.3. The molecule has 0 aliphatic carbocycles. The number of carbonyl (C=O) groups is 1. The fourth-order valence-electron chi connectivity index (χ4n) is 1.35. The second-order valence-electron chi connectivity index (χ2n) is 3.67. The van der Waals surface area contributed by atoms with Crippen LogP contribution < -0.4 is 10.6 Å². The lowest BCUT2D eigenvalue weighted by molar-refractivity contribution is -0.120. The SMILES string of the molecule is CNC(=O)CC(C)Nc1cncc(C)c1. The van der Waals surface area contributed by atoms with E-state index in [0.717, 1.165) is 11.3 Å². The van der Waals surface area contributed by atoms with Gasteiger partial charge in [0.05, 0.1) is 5.69 Å². The summed E-state index contributed by atoms with van der Waals surface area (Å²) >= 11 is 0. The predicted molar refractivity (Wildman–Crippen MR) is 60.7 cm³/mol. The van der Waals surface area contributed by atoms with E-state index in [-0.39, 0.29) is 11.9 Å². The number of aryl methyl sites for hydroxylation is 1. The molecule has 1 rings (SSSR count). The number of carbonyl (C=O) groups excluding carboxylic acids is 1. The number of hydrogen-bond donors (Lipinski definition) is 2. The molecule has 0 radical (unpaired) electrons. The van der Waals surface area contributed by atoms with Gasteiger partial charge in [0.1, 0.15) is 0 Å². The molecule has 1 heterocycles. The third-order valence-corrected chi connectivity index (χ3v) is 2.06. The van der Waals surface area contributed by atoms with Crippen LogP contribution in [-0.4, -0.2) is 24.0 Å². The highest BCUT2D eigenvalue weighted by atomic mass is 16.1. The van der Waals surface area contributed by atoms with Gasteiger partial charge in [0.15, 0.2) is 0 Å². The maximum atomic E-state index is 11.1. The van der Waals surface area contributed by atoms with Gasteiger partial charge in [0.25, 0.3) is 0 Å². The molecule has 0 spiro atoms. The van der Waals surface area contributed by atoms with Crippen molar-refractivity contribution in [1.82, 2.24) is 10.3 Å². The zero-order valence-corrected chi connectivity index (χ0v) is 9.37. The Morgan fingerprint density at radius 1 is 1.53 bits per heavy atom. The fraction of sp³-hybridized carbons (Fsp3) is 0.455. The van der Waals surface area contributed by atoms with E-state index < -0.39 is 0 Å². The maximum Gasteiger partial charge on any atom is 0.221 e. The Bertz CT molecular complexity index is 338. The van der Waals surface area contributed by atoms with Crippen LogP contribution in [0.4, 0.5) is 5.69 Å². The third-order valence-electron chi connectivity index (χ3n) is 2.06. The molecule has 2 N–H and O–H groups in total. The molecule has 15 heavy (non-hydrogen) atoms. The molecular weight excluding hydrogens is 190 g/mol. The minimum atomic E-state index is 0.0376. The summed E-state index contributed by atoms with van der Waals surface area (Å²) in [6.45, 7) is 3.96. The molecule has 0 bridgehead atoms. The van der Waals surface area contributed by atoms with E-state index in [1.807, 2.05) is 19.9 Å². The van der Waals surface area contributed by atoms with Crippen LogP contribution in [0.5, 0.6) is 0 Å². The molecular formula is C11H17N3O. The first-order chi connectivity index (χ1) is 7.11. The highest BCUT2D eigenvalue weighted by Gasteiger charge is 2.07. The number of aromatic nitrogens is 1. The topological polar surface area (TPSA) is 54.0 Å². The van der Waals surface area contributed by atoms with Crippen molar-refractivity contribution < 1.29 is 4.79 Å². The van der Waals surface area contributed by atoms with Gasteiger partial charge < -0.3 is 10.6 Å². The molecule has 0 saturated heterocycles. The Hall–Kier alpha value is -1.58. The number of rotatable bonds is 4. The second-order valence-corrected chi connectivity index (χ2v) is 3.67. The van der Waals surface area contributed by atoms with Crippen LogP contribution in [0.25, 0.3) is 0 Å². The van der Waals surface area contributed by atoms with Gasteiger partial charge in [0, 0.05) is 31.9 Å². The number of pyridine rings is 1. The smallest absolute Gasteiger partial charge is 0.221 e. The van der Waals surface area contributed by atoms with E-state index in [2.05, 4.69) is 15.6 Å². The number of nitrogens with one attached hydrogen (secondary N) is 2. The van der Waals surface area contributed by atoms with E-state index in [1.54, 1.807) is 19.4 Å². The molecule has 1 aromatic heterocycles. The predicted octanol–water partition coefficient (Wildman–Crippen LogP) is 1.33. The fourth-order valence-corrected chi connectivity index (χ4v) is 1.35. The first-order valence-electron chi connectivity index (χ1n) is 5.00. The molecule has 1 amide bonds. The van der Waals surface area contributed by atoms with Crippen LogP contribution in [0.3, 0.4) is 0 Å². The molecule has 82 valence electrons. The minimum Gasteiger partial charge on any atom is -0.381 e. The van der Waals surface area contributed by atoms with Crippen LogP contribution in [0.15, 0.2) is 18.5 Å². The molecule has 1 aromatic rings. The van der Waals surface area contributed by atoms with Crippen molar-refractivity contribution in [3.8, 4) is 0 Å². The lowest BCUT2D eigenvalue weighted by Crippen LogP contribution is -2.26. The van der Waals surface area contributed by atoms with E-state index >= 15 is 0 Å². The van der Waals surface area contributed by atoms with Crippen LogP contribution >= 0.6 is 0 Å². The Balaban J connectivity index is 2.51. The number of nitrogens with zero attached hydrogens (tertiary/aromatic N) is 1. The van der Waals surface area contributed by atoms with Gasteiger partial charge in [-0.2, -0.15) is 0 Å². The van der Waals surface area contributed by atoms with Crippen LogP contribution in [0.2, 0.25) is 0 Å². The first kappa shape index (κ1) is 11.5. The summed E-state index contributed by atoms with van der Waals surface area (Å²) in [5, 5.41) is 5.82. The van der Waals surface area contributed by atoms with Gasteiger partial charge in [-0.25, -0.2) is 0 Å². The maximum absolute atomic E-state index is 11.1. The molecule has 0 fully saturated rings. The summed E-state index contributed by atoms with van der Waals surface area (Å²) in [5.41, 5.74) is 2.05. The van der Waals surface area contributed by atoms with Crippen molar-refractivity contribution in [2.75, 3.05) is 12.4 Å². The molecule has 1 unspecified atom stereocenters. The lowest BCUT2D eigenvalue weighted by Gasteiger charge is -2.14. The molecule has 4 nitrogen and oxygen atoms in total. The molecule has 0 aliphatic heterocycles. The van der Waals surface area contributed by atoms with Crippen LogP contribution in [0.1, 0.15) is 18.9 Å². The van der Waals surface area contributed by atoms with Gasteiger partial charge in [-0.05, 0) is 25.5 Å². The van der Waals surface area contributed by atoms with Crippen molar-refractivity contribution in [2.24, 2.45) is 0 Å². The first-order valence-corrected chi connectivity index (χ1v) is 5.00. The van der Waals surface area contributed by atoms with E-state index in [1.165, 1.54) is 0 Å². The lowest BCUT2D eigenvalue weighted by atomic mass is 10.2. The monoisotopic (exact) mass is 207 g/mol. The van der Waals surface area contributed by atoms with Crippen LogP contribution in [-0.2, 0) is 4.79 Å². The Labute approximate surface area is 90.1 Å². The van der Waals surface area contributed by atoms with Gasteiger partial charge in [0.2, 0.25) is 5.91 Å². The molecule has 0 aliphatic rings. The van der Waals surface area contributed by atoms with E-state index in [4.69, 9.17) is 0 Å². The summed E-state index contributed by atoms with van der Waals surface area (Å²) in [7, 11) is 1.64. The summed E-state index contributed by atoms with van der Waals surface area (Å²) < 4.78 is 0. The molecule has 4 heteroatoms. The minimum absolute atomic E-state index is 0.0376. The molecule has 1 atom stereocenters. The number of hydrogen-bond acceptors (Lipinski definition) is 3. The van der Waals surface area contributed by atoms with Gasteiger partial charge in [-0.1, -0.05) is 0 Å². The zero-order valence-electron chi connectivity index (χ0n) is 9.37. The Morgan fingerprint density at radius 2 is 2.27 bits per heavy atom. The largest absolute Gasteiger partial charge is 0.381 e. The number of anilines is 1. The Morgan fingerprint density at radius 3 is 2.87 bits per heavy atom. The average Bonchev–Trinajstić information content (AvgIpc) is 2.17. The highest BCUT2D eigenvalue weighted by molar-refractivity contribution is 5.76. The third kappa shape index (κ3) is 3.97. The van der Waals surface area contributed by atoms with Crippen molar-refractivity contribution in [2.45, 2.75) is 26.3 Å². The summed E-state index contributed by atoms with van der Waals surface area (Å²) in [4.78, 5) is 15.2. The van der Waals surface area contributed by atoms with E-state index in [9.17, 15) is 4.79 Å². The summed E-state index contributed by atoms with van der Waals surface area (Å²) in [5.74, 6) is 0.0376. The standard InChI is InChI=1S/C11H17N3O/c1-8-4-10(7-13-6-8)14-9(2)5-11(15)12-3/h4,6-7,9,14H,5H2,1-3H3,(H,12,15). The van der Waals surface area contributed by atoms with Gasteiger partial charge in [-0.3, -0.25) is 9.78 Å². The molecule has 0 aromatic carbocycles. The van der Waals surface area contributed by atoms with Crippen molar-refractivity contribution >= 4 is 11.6 Å². The molecule has 0 saturated carbocycles.